The molecule has 31 heavy (non-hydrogen) atoms. The fourth-order valence-corrected chi connectivity index (χ4v) is 4.69. The molecule has 0 spiro atoms. The van der Waals surface area contributed by atoms with Crippen LogP contribution in [0.5, 0.6) is 0 Å². The zero-order valence-electron chi connectivity index (χ0n) is 18.3. The van der Waals surface area contributed by atoms with Crippen molar-refractivity contribution < 1.29 is 14.0 Å². The molecule has 0 saturated heterocycles. The van der Waals surface area contributed by atoms with Gasteiger partial charge in [0.2, 0.25) is 0 Å². The maximum atomic E-state index is 13.4. The number of hydrogen-bond donors (Lipinski definition) is 2. The van der Waals surface area contributed by atoms with Gasteiger partial charge in [-0.05, 0) is 61.1 Å². The van der Waals surface area contributed by atoms with Gasteiger partial charge in [0.25, 0.3) is 5.91 Å². The Morgan fingerprint density at radius 3 is 2.42 bits per heavy atom. The normalized spacial score (nSPS) is 20.3. The van der Waals surface area contributed by atoms with E-state index in [1.165, 1.54) is 24.3 Å². The highest BCUT2D eigenvalue weighted by atomic mass is 19.1. The number of rotatable bonds is 3. The second-order valence-electron chi connectivity index (χ2n) is 9.25. The van der Waals surface area contributed by atoms with E-state index in [4.69, 9.17) is 0 Å². The van der Waals surface area contributed by atoms with E-state index in [1.54, 1.807) is 0 Å². The summed E-state index contributed by atoms with van der Waals surface area (Å²) in [5, 5.41) is 6.24. The Bertz CT molecular complexity index is 1130. The molecule has 0 bridgehead atoms. The van der Waals surface area contributed by atoms with Crippen molar-refractivity contribution in [2.75, 3.05) is 5.32 Å². The van der Waals surface area contributed by atoms with Gasteiger partial charge in [-0.3, -0.25) is 9.59 Å². The lowest BCUT2D eigenvalue weighted by molar-refractivity contribution is -0.118. The van der Waals surface area contributed by atoms with E-state index in [2.05, 4.69) is 24.5 Å². The molecule has 4 nitrogen and oxygen atoms in total. The summed E-state index contributed by atoms with van der Waals surface area (Å²) in [4.78, 5) is 26.7. The minimum Gasteiger partial charge on any atom is -0.362 e. The third-order valence-electron chi connectivity index (χ3n) is 6.09. The van der Waals surface area contributed by atoms with Crippen LogP contribution in [0.15, 0.2) is 71.1 Å². The Hall–Kier alpha value is -3.21. The molecule has 0 radical (unpaired) electrons. The van der Waals surface area contributed by atoms with E-state index in [9.17, 15) is 14.0 Å². The summed E-state index contributed by atoms with van der Waals surface area (Å²) in [5.41, 5.74) is 5.20. The highest BCUT2D eigenvalue weighted by Gasteiger charge is 2.43. The first-order valence-electron chi connectivity index (χ1n) is 10.5. The number of nitrogens with one attached hydrogen (secondary N) is 2. The Balaban J connectivity index is 1.81. The van der Waals surface area contributed by atoms with Crippen molar-refractivity contribution in [3.8, 4) is 0 Å². The standard InChI is InChI=1S/C26H27FN2O2/c1-15-7-5-6-8-19(15)23-22(25(31)29-18-11-9-17(27)10-12-18)16(2)28-20-13-26(3,4)14-21(30)24(20)23/h5-12,23,28H,13-14H2,1-4H3,(H,29,31)/t23-/m0/s1. The number of aryl methyl sites for hydroxylation is 1. The first-order chi connectivity index (χ1) is 14.7. The van der Waals surface area contributed by atoms with Gasteiger partial charge in [0.15, 0.2) is 5.78 Å². The molecule has 1 aliphatic heterocycles. The van der Waals surface area contributed by atoms with Crippen LogP contribution >= 0.6 is 0 Å². The Kier molecular flexibility index (Phi) is 5.29. The summed E-state index contributed by atoms with van der Waals surface area (Å²) in [6, 6.07) is 13.6. The lowest BCUT2D eigenvalue weighted by Crippen LogP contribution is -2.39. The zero-order chi connectivity index (χ0) is 22.3. The molecule has 2 aromatic carbocycles. The molecule has 0 fully saturated rings. The predicted molar refractivity (Wildman–Crippen MR) is 120 cm³/mol. The number of allylic oxidation sites excluding steroid dienone is 3. The zero-order valence-corrected chi connectivity index (χ0v) is 18.3. The number of Topliss-reactive ketones (excluding diaryl/α,β-unsaturated/α-hetero) is 1. The molecule has 4 rings (SSSR count). The second-order valence-corrected chi connectivity index (χ2v) is 9.25. The molecular formula is C26H27FN2O2. The van der Waals surface area contributed by atoms with E-state index >= 15 is 0 Å². The minimum absolute atomic E-state index is 0.0755. The molecule has 0 saturated carbocycles. The topological polar surface area (TPSA) is 58.2 Å². The van der Waals surface area contributed by atoms with Crippen LogP contribution < -0.4 is 10.6 Å². The third kappa shape index (κ3) is 4.05. The molecule has 0 aromatic heterocycles. The van der Waals surface area contributed by atoms with Crippen LogP contribution in [-0.2, 0) is 9.59 Å². The van der Waals surface area contributed by atoms with Crippen LogP contribution in [0.2, 0.25) is 0 Å². The van der Waals surface area contributed by atoms with Crippen LogP contribution in [-0.4, -0.2) is 11.7 Å². The molecule has 2 aliphatic rings. The number of carbonyl (C=O) groups is 2. The van der Waals surface area contributed by atoms with Gasteiger partial charge in [-0.15, -0.1) is 0 Å². The minimum atomic E-state index is -0.443. The van der Waals surface area contributed by atoms with E-state index in [1.807, 2.05) is 38.1 Å². The monoisotopic (exact) mass is 418 g/mol. The van der Waals surface area contributed by atoms with E-state index in [0.29, 0.717) is 23.3 Å². The average molecular weight is 419 g/mol. The summed E-state index contributed by atoms with van der Waals surface area (Å²) in [6.45, 7) is 8.06. The summed E-state index contributed by atoms with van der Waals surface area (Å²) in [5.74, 6) is -1.03. The number of hydrogen-bond acceptors (Lipinski definition) is 3. The van der Waals surface area contributed by atoms with Crippen molar-refractivity contribution in [2.45, 2.75) is 46.5 Å². The predicted octanol–water partition coefficient (Wildman–Crippen LogP) is 5.38. The number of amides is 1. The molecule has 2 N–H and O–H groups in total. The van der Waals surface area contributed by atoms with Crippen molar-refractivity contribution in [3.63, 3.8) is 0 Å². The smallest absolute Gasteiger partial charge is 0.254 e. The lowest BCUT2D eigenvalue weighted by Gasteiger charge is -2.40. The largest absolute Gasteiger partial charge is 0.362 e. The lowest BCUT2D eigenvalue weighted by atomic mass is 9.68. The molecule has 160 valence electrons. The molecule has 2 aromatic rings. The van der Waals surface area contributed by atoms with Crippen LogP contribution in [0.25, 0.3) is 0 Å². The first kappa shape index (κ1) is 21.0. The van der Waals surface area contributed by atoms with Crippen molar-refractivity contribution in [1.29, 1.82) is 0 Å². The van der Waals surface area contributed by atoms with Gasteiger partial charge in [0, 0.05) is 40.6 Å². The Morgan fingerprint density at radius 1 is 1.06 bits per heavy atom. The maximum absolute atomic E-state index is 13.4. The van der Waals surface area contributed by atoms with E-state index in [0.717, 1.165) is 28.9 Å². The van der Waals surface area contributed by atoms with Crippen molar-refractivity contribution in [3.05, 3.63) is 88.0 Å². The van der Waals surface area contributed by atoms with E-state index in [-0.39, 0.29) is 22.9 Å². The Morgan fingerprint density at radius 2 is 1.74 bits per heavy atom. The molecule has 1 aliphatic carbocycles. The van der Waals surface area contributed by atoms with Crippen molar-refractivity contribution in [1.82, 2.24) is 5.32 Å². The fourth-order valence-electron chi connectivity index (χ4n) is 4.69. The van der Waals surface area contributed by atoms with Crippen LogP contribution in [0.4, 0.5) is 10.1 Å². The number of dihydropyridines is 1. The van der Waals surface area contributed by atoms with E-state index < -0.39 is 5.92 Å². The summed E-state index contributed by atoms with van der Waals surface area (Å²) >= 11 is 0. The molecule has 5 heteroatoms. The Labute approximate surface area is 182 Å². The summed E-state index contributed by atoms with van der Waals surface area (Å²) in [7, 11) is 0. The molecule has 0 unspecified atom stereocenters. The van der Waals surface area contributed by atoms with Gasteiger partial charge in [-0.25, -0.2) is 4.39 Å². The highest BCUT2D eigenvalue weighted by molar-refractivity contribution is 6.10. The molecule has 1 atom stereocenters. The number of halogens is 1. The van der Waals surface area contributed by atoms with Crippen LogP contribution in [0.3, 0.4) is 0 Å². The second kappa shape index (κ2) is 7.80. The van der Waals surface area contributed by atoms with Gasteiger partial charge >= 0.3 is 0 Å². The maximum Gasteiger partial charge on any atom is 0.254 e. The summed E-state index contributed by atoms with van der Waals surface area (Å²) < 4.78 is 13.3. The third-order valence-corrected chi connectivity index (χ3v) is 6.09. The van der Waals surface area contributed by atoms with Crippen molar-refractivity contribution >= 4 is 17.4 Å². The van der Waals surface area contributed by atoms with Crippen LogP contribution in [0, 0.1) is 18.2 Å². The number of ketones is 1. The van der Waals surface area contributed by atoms with Gasteiger partial charge in [0.1, 0.15) is 5.82 Å². The number of carbonyl (C=O) groups excluding carboxylic acids is 2. The number of anilines is 1. The van der Waals surface area contributed by atoms with Gasteiger partial charge in [0.05, 0.1) is 0 Å². The molecular weight excluding hydrogens is 391 g/mol. The summed E-state index contributed by atoms with van der Waals surface area (Å²) in [6.07, 6.45) is 1.20. The quantitative estimate of drug-likeness (QED) is 0.704. The van der Waals surface area contributed by atoms with Gasteiger partial charge in [-0.2, -0.15) is 0 Å². The van der Waals surface area contributed by atoms with Gasteiger partial charge in [-0.1, -0.05) is 38.1 Å². The van der Waals surface area contributed by atoms with Gasteiger partial charge < -0.3 is 10.6 Å². The van der Waals surface area contributed by atoms with Crippen LogP contribution in [0.1, 0.15) is 50.7 Å². The molecule has 1 amide bonds. The first-order valence-corrected chi connectivity index (χ1v) is 10.5. The van der Waals surface area contributed by atoms with Crippen molar-refractivity contribution in [2.24, 2.45) is 5.41 Å². The average Bonchev–Trinajstić information content (AvgIpc) is 2.68. The highest BCUT2D eigenvalue weighted by Crippen LogP contribution is 2.47. The SMILES string of the molecule is CC1=C(C(=O)Nc2ccc(F)cc2)[C@H](c2ccccc2C)C2=C(CC(C)(C)CC2=O)N1. The molecule has 1 heterocycles. The fraction of sp³-hybridized carbons (Fsp3) is 0.308. The number of benzene rings is 2.